The molecule has 0 radical (unpaired) electrons. The Kier molecular flexibility index (Phi) is 5.77. The average molecular weight is 172 g/mol. The van der Waals surface area contributed by atoms with E-state index in [-0.39, 0.29) is 11.9 Å². The predicted octanol–water partition coefficient (Wildman–Crippen LogP) is 2.62. The van der Waals surface area contributed by atoms with Crippen molar-refractivity contribution in [3.63, 3.8) is 0 Å². The Bertz CT molecular complexity index is 132. The fourth-order valence-corrected chi connectivity index (χ4v) is 0.651. The summed E-state index contributed by atoms with van der Waals surface area (Å²) in [5.74, 6) is 0.477. The summed E-state index contributed by atoms with van der Waals surface area (Å²) in [6, 6.07) is 0. The highest BCUT2D eigenvalue weighted by Gasteiger charge is 2.12. The maximum absolute atomic E-state index is 11.2. The van der Waals surface area contributed by atoms with Crippen molar-refractivity contribution >= 4 is 5.97 Å². The van der Waals surface area contributed by atoms with Gasteiger partial charge in [0.2, 0.25) is 0 Å². The van der Waals surface area contributed by atoms with E-state index < -0.39 is 0 Å². The highest BCUT2D eigenvalue weighted by Crippen LogP contribution is 2.06. The molecule has 0 aliphatic rings. The van der Waals surface area contributed by atoms with Gasteiger partial charge in [-0.25, -0.2) is 0 Å². The van der Waals surface area contributed by atoms with Crippen LogP contribution < -0.4 is 0 Å². The van der Waals surface area contributed by atoms with Crippen LogP contribution in [0.1, 0.15) is 40.5 Å². The van der Waals surface area contributed by atoms with Gasteiger partial charge in [-0.15, -0.1) is 0 Å². The van der Waals surface area contributed by atoms with Crippen LogP contribution in [0.25, 0.3) is 0 Å². The van der Waals surface area contributed by atoms with Gasteiger partial charge >= 0.3 is 5.97 Å². The van der Waals surface area contributed by atoms with Crippen LogP contribution in [0.2, 0.25) is 0 Å². The van der Waals surface area contributed by atoms with E-state index in [9.17, 15) is 4.79 Å². The van der Waals surface area contributed by atoms with Gasteiger partial charge in [0.15, 0.2) is 0 Å². The van der Waals surface area contributed by atoms with Gasteiger partial charge in [-0.2, -0.15) is 0 Å². The standard InChI is InChI=1S/C10H20O2/c1-5-8(3)7-12-10(11)9(4)6-2/h8-9H,5-7H2,1-4H3/t8-,9-/m1/s1. The Morgan fingerprint density at radius 2 is 1.83 bits per heavy atom. The first kappa shape index (κ1) is 11.5. The third kappa shape index (κ3) is 4.37. The first-order chi connectivity index (χ1) is 5.61. The molecular weight excluding hydrogens is 152 g/mol. The second-order valence-corrected chi connectivity index (χ2v) is 3.45. The van der Waals surface area contributed by atoms with Crippen molar-refractivity contribution in [2.24, 2.45) is 11.8 Å². The Hall–Kier alpha value is -0.530. The third-order valence-corrected chi connectivity index (χ3v) is 2.22. The summed E-state index contributed by atoms with van der Waals surface area (Å²) in [6.07, 6.45) is 1.92. The summed E-state index contributed by atoms with van der Waals surface area (Å²) in [6.45, 7) is 8.65. The van der Waals surface area contributed by atoms with E-state index in [1.807, 2.05) is 13.8 Å². The summed E-state index contributed by atoms with van der Waals surface area (Å²) < 4.78 is 5.11. The van der Waals surface area contributed by atoms with Crippen LogP contribution in [0.15, 0.2) is 0 Å². The maximum atomic E-state index is 11.2. The number of ether oxygens (including phenoxy) is 1. The van der Waals surface area contributed by atoms with Crippen LogP contribution in [-0.2, 0) is 9.53 Å². The lowest BCUT2D eigenvalue weighted by atomic mass is 10.1. The summed E-state index contributed by atoms with van der Waals surface area (Å²) in [5, 5.41) is 0. The van der Waals surface area contributed by atoms with Crippen LogP contribution >= 0.6 is 0 Å². The van der Waals surface area contributed by atoms with Crippen LogP contribution in [0.3, 0.4) is 0 Å². The molecule has 0 spiro atoms. The highest BCUT2D eigenvalue weighted by atomic mass is 16.5. The molecule has 0 unspecified atom stereocenters. The van der Waals surface area contributed by atoms with Crippen molar-refractivity contribution in [1.29, 1.82) is 0 Å². The monoisotopic (exact) mass is 172 g/mol. The van der Waals surface area contributed by atoms with Crippen molar-refractivity contribution in [2.45, 2.75) is 40.5 Å². The number of esters is 1. The summed E-state index contributed by atoms with van der Waals surface area (Å²) >= 11 is 0. The van der Waals surface area contributed by atoms with Gasteiger partial charge in [-0.1, -0.05) is 34.1 Å². The largest absolute Gasteiger partial charge is 0.465 e. The quantitative estimate of drug-likeness (QED) is 0.596. The van der Waals surface area contributed by atoms with E-state index in [0.717, 1.165) is 12.8 Å². The Morgan fingerprint density at radius 3 is 2.25 bits per heavy atom. The van der Waals surface area contributed by atoms with Gasteiger partial charge in [-0.05, 0) is 12.3 Å². The molecule has 0 fully saturated rings. The van der Waals surface area contributed by atoms with Crippen LogP contribution in [-0.4, -0.2) is 12.6 Å². The SMILES string of the molecule is CC[C@@H](C)COC(=O)[C@H](C)CC. The maximum Gasteiger partial charge on any atom is 0.308 e. The molecule has 0 heterocycles. The fourth-order valence-electron chi connectivity index (χ4n) is 0.651. The van der Waals surface area contributed by atoms with E-state index in [1.165, 1.54) is 0 Å². The van der Waals surface area contributed by atoms with Gasteiger partial charge in [0, 0.05) is 0 Å². The van der Waals surface area contributed by atoms with E-state index in [1.54, 1.807) is 0 Å². The first-order valence-corrected chi connectivity index (χ1v) is 4.78. The van der Waals surface area contributed by atoms with Gasteiger partial charge in [-0.3, -0.25) is 4.79 Å². The minimum Gasteiger partial charge on any atom is -0.465 e. The first-order valence-electron chi connectivity index (χ1n) is 4.78. The molecule has 0 aliphatic carbocycles. The van der Waals surface area contributed by atoms with Crippen molar-refractivity contribution in [3.8, 4) is 0 Å². The van der Waals surface area contributed by atoms with Crippen LogP contribution in [0.5, 0.6) is 0 Å². The zero-order valence-electron chi connectivity index (χ0n) is 8.59. The second kappa shape index (κ2) is 6.04. The fraction of sp³-hybridized carbons (Fsp3) is 0.900. The molecule has 0 aromatic rings. The molecule has 0 N–H and O–H groups in total. The van der Waals surface area contributed by atoms with E-state index >= 15 is 0 Å². The molecule has 0 aromatic carbocycles. The minimum absolute atomic E-state index is 0.0501. The Balaban J connectivity index is 3.56. The van der Waals surface area contributed by atoms with E-state index in [2.05, 4.69) is 13.8 Å². The second-order valence-electron chi connectivity index (χ2n) is 3.45. The molecular formula is C10H20O2. The summed E-state index contributed by atoms with van der Waals surface area (Å²) in [7, 11) is 0. The number of rotatable bonds is 5. The molecule has 12 heavy (non-hydrogen) atoms. The summed E-state index contributed by atoms with van der Waals surface area (Å²) in [4.78, 5) is 11.2. The molecule has 72 valence electrons. The predicted molar refractivity (Wildman–Crippen MR) is 49.9 cm³/mol. The minimum atomic E-state index is -0.0576. The molecule has 0 rings (SSSR count). The van der Waals surface area contributed by atoms with Crippen molar-refractivity contribution in [1.82, 2.24) is 0 Å². The number of carbonyl (C=O) groups excluding carboxylic acids is 1. The lowest BCUT2D eigenvalue weighted by Gasteiger charge is -2.12. The lowest BCUT2D eigenvalue weighted by molar-refractivity contribution is -0.149. The van der Waals surface area contributed by atoms with E-state index in [4.69, 9.17) is 4.74 Å². The zero-order valence-corrected chi connectivity index (χ0v) is 8.59. The highest BCUT2D eigenvalue weighted by molar-refractivity contribution is 5.71. The zero-order chi connectivity index (χ0) is 9.56. The molecule has 0 bridgehead atoms. The molecule has 0 aromatic heterocycles. The molecule has 0 saturated carbocycles. The Labute approximate surface area is 75.3 Å². The third-order valence-electron chi connectivity index (χ3n) is 2.22. The van der Waals surface area contributed by atoms with Gasteiger partial charge in [0.1, 0.15) is 0 Å². The van der Waals surface area contributed by atoms with Crippen molar-refractivity contribution in [2.75, 3.05) is 6.61 Å². The normalized spacial score (nSPS) is 15.3. The number of carbonyl (C=O) groups is 1. The van der Waals surface area contributed by atoms with Gasteiger partial charge in [0.05, 0.1) is 12.5 Å². The topological polar surface area (TPSA) is 26.3 Å². The molecule has 0 aliphatic heterocycles. The Morgan fingerprint density at radius 1 is 1.25 bits per heavy atom. The molecule has 2 atom stereocenters. The van der Waals surface area contributed by atoms with E-state index in [0.29, 0.717) is 12.5 Å². The molecule has 2 heteroatoms. The lowest BCUT2D eigenvalue weighted by Crippen LogP contribution is -2.17. The number of hydrogen-bond acceptors (Lipinski definition) is 2. The smallest absolute Gasteiger partial charge is 0.308 e. The molecule has 0 amide bonds. The van der Waals surface area contributed by atoms with Gasteiger partial charge in [0.25, 0.3) is 0 Å². The summed E-state index contributed by atoms with van der Waals surface area (Å²) in [5.41, 5.74) is 0. The molecule has 2 nitrogen and oxygen atoms in total. The van der Waals surface area contributed by atoms with Crippen LogP contribution in [0, 0.1) is 11.8 Å². The van der Waals surface area contributed by atoms with Crippen LogP contribution in [0.4, 0.5) is 0 Å². The van der Waals surface area contributed by atoms with Crippen molar-refractivity contribution < 1.29 is 9.53 Å². The number of hydrogen-bond donors (Lipinski definition) is 0. The van der Waals surface area contributed by atoms with Crippen molar-refractivity contribution in [3.05, 3.63) is 0 Å². The molecule has 0 saturated heterocycles. The van der Waals surface area contributed by atoms with Gasteiger partial charge < -0.3 is 4.74 Å². The average Bonchev–Trinajstić information content (AvgIpc) is 2.11.